The number of hydrogen-bond acceptors (Lipinski definition) is 2. The van der Waals surface area contributed by atoms with Crippen LogP contribution in [0.3, 0.4) is 0 Å². The molecule has 0 spiro atoms. The molecule has 18 heavy (non-hydrogen) atoms. The molecule has 0 aromatic heterocycles. The first-order valence-corrected chi connectivity index (χ1v) is 6.85. The summed E-state index contributed by atoms with van der Waals surface area (Å²) < 4.78 is 0. The van der Waals surface area contributed by atoms with E-state index in [9.17, 15) is 0 Å². The van der Waals surface area contributed by atoms with E-state index in [2.05, 4.69) is 43.8 Å². The minimum Gasteiger partial charge on any atom is -0.446 e. The molecule has 1 aromatic carbocycles. The van der Waals surface area contributed by atoms with Crippen molar-refractivity contribution in [3.05, 3.63) is 30.3 Å². The highest BCUT2D eigenvalue weighted by molar-refractivity contribution is 6.33. The molecule has 0 saturated heterocycles. The molecule has 0 saturated carbocycles. The van der Waals surface area contributed by atoms with Gasteiger partial charge < -0.3 is 15.1 Å². The first-order chi connectivity index (χ1) is 8.62. The Bertz CT molecular complexity index is 364. The summed E-state index contributed by atoms with van der Waals surface area (Å²) in [5.74, 6) is 0. The van der Waals surface area contributed by atoms with Crippen LogP contribution in [0.15, 0.2) is 18.2 Å². The van der Waals surface area contributed by atoms with E-state index in [0.717, 1.165) is 42.6 Å². The second-order valence-electron chi connectivity index (χ2n) is 4.36. The lowest BCUT2D eigenvalue weighted by molar-refractivity contribution is -0.504. The van der Waals surface area contributed by atoms with Crippen molar-refractivity contribution in [2.24, 2.45) is 0 Å². The summed E-state index contributed by atoms with van der Waals surface area (Å²) >= 11 is 6.28. The molecule has 0 aliphatic rings. The van der Waals surface area contributed by atoms with Crippen LogP contribution in [0.1, 0.15) is 13.8 Å². The molecule has 0 amide bonds. The molecule has 1 rings (SSSR count). The van der Waals surface area contributed by atoms with Crippen LogP contribution >= 0.6 is 11.6 Å². The lowest BCUT2D eigenvalue weighted by Crippen LogP contribution is -2.69. The molecule has 0 unspecified atom stereocenters. The largest absolute Gasteiger partial charge is 0.446 e. The topological polar surface area (TPSA) is 23.1 Å². The minimum atomic E-state index is 0.787. The van der Waals surface area contributed by atoms with Gasteiger partial charge in [-0.15, -0.1) is 7.05 Å². The van der Waals surface area contributed by atoms with Gasteiger partial charge in [0.25, 0.3) is 0 Å². The van der Waals surface area contributed by atoms with Crippen LogP contribution in [-0.4, -0.2) is 38.1 Å². The number of hydrogen-bond donors (Lipinski definition) is 1. The average molecular weight is 270 g/mol. The van der Waals surface area contributed by atoms with Gasteiger partial charge >= 0.3 is 0 Å². The molecule has 0 atom stereocenters. The lowest BCUT2D eigenvalue weighted by Gasteiger charge is -2.25. The van der Waals surface area contributed by atoms with Gasteiger partial charge in [0.15, 0.2) is 0 Å². The number of likely N-dealkylation sites (N-methyl/N-ethyl adjacent to an activating group) is 2. The number of benzene rings is 1. The summed E-state index contributed by atoms with van der Waals surface area (Å²) in [4.78, 5) is 4.61. The number of nitrogens with two attached hydrogens (primary N) is 1. The molecular formula is C14H24ClN3. The zero-order valence-electron chi connectivity index (χ0n) is 11.6. The Labute approximate surface area is 116 Å². The predicted octanol–water partition coefficient (Wildman–Crippen LogP) is 2.10. The molecule has 0 aliphatic heterocycles. The Morgan fingerprint density at radius 2 is 1.89 bits per heavy atom. The number of anilines is 1. The molecule has 1 aromatic rings. The quantitative estimate of drug-likeness (QED) is 0.605. The maximum Gasteiger partial charge on any atom is 0.105 e. The molecule has 0 aliphatic carbocycles. The van der Waals surface area contributed by atoms with Gasteiger partial charge in [-0.1, -0.05) is 25.4 Å². The van der Waals surface area contributed by atoms with Crippen molar-refractivity contribution in [3.8, 4) is 0 Å². The summed E-state index contributed by atoms with van der Waals surface area (Å²) in [7, 11) is 5.83. The van der Waals surface area contributed by atoms with E-state index in [1.165, 1.54) is 0 Å². The Morgan fingerprint density at radius 3 is 2.39 bits per heavy atom. The normalized spacial score (nSPS) is 11.0. The van der Waals surface area contributed by atoms with Crippen molar-refractivity contribution in [1.29, 1.82) is 0 Å². The Kier molecular flexibility index (Phi) is 6.47. The molecule has 2 N–H and O–H groups in total. The molecule has 0 fully saturated rings. The van der Waals surface area contributed by atoms with E-state index >= 15 is 0 Å². The number of nitrogens with zero attached hydrogens (tertiary/aromatic N) is 2. The van der Waals surface area contributed by atoms with E-state index in [1.54, 1.807) is 0 Å². The fourth-order valence-corrected chi connectivity index (χ4v) is 2.24. The molecule has 4 heteroatoms. The van der Waals surface area contributed by atoms with Gasteiger partial charge in [-0.25, -0.2) is 0 Å². The summed E-state index contributed by atoms with van der Waals surface area (Å²) in [5.41, 5.74) is 2.13. The summed E-state index contributed by atoms with van der Waals surface area (Å²) in [5, 5.41) is 2.60. The molecule has 3 nitrogen and oxygen atoms in total. The average Bonchev–Trinajstić information content (AvgIpc) is 2.39. The standard InChI is InChI=1S/C14H24ClN3/c1-5-18(6-2)10-9-17(4)14-8-7-12(16-3)11-13(14)15/h7-8,11H,3,5-6,9-10,16H2,1-2,4H3. The summed E-state index contributed by atoms with van der Waals surface area (Å²) in [6.45, 7) is 8.60. The smallest absolute Gasteiger partial charge is 0.105 e. The SMILES string of the molecule is [CH2-][NH2+]c1ccc(N(C)CCN(CC)CC)c(Cl)c1. The fraction of sp³-hybridized carbons (Fsp3) is 0.500. The van der Waals surface area contributed by atoms with Gasteiger partial charge in [-0.05, 0) is 25.2 Å². The Balaban J connectivity index is 2.63. The van der Waals surface area contributed by atoms with E-state index in [4.69, 9.17) is 11.6 Å². The highest BCUT2D eigenvalue weighted by atomic mass is 35.5. The monoisotopic (exact) mass is 269 g/mol. The van der Waals surface area contributed by atoms with Gasteiger partial charge in [0.1, 0.15) is 5.69 Å². The fourth-order valence-electron chi connectivity index (χ4n) is 1.91. The first-order valence-electron chi connectivity index (χ1n) is 6.47. The zero-order valence-corrected chi connectivity index (χ0v) is 12.4. The van der Waals surface area contributed by atoms with Crippen LogP contribution in [0.5, 0.6) is 0 Å². The van der Waals surface area contributed by atoms with Gasteiger partial charge in [-0.3, -0.25) is 0 Å². The van der Waals surface area contributed by atoms with Crippen LogP contribution in [0.25, 0.3) is 0 Å². The van der Waals surface area contributed by atoms with Crippen LogP contribution in [-0.2, 0) is 0 Å². The van der Waals surface area contributed by atoms with Crippen LogP contribution in [0.4, 0.5) is 11.4 Å². The molecule has 102 valence electrons. The maximum absolute atomic E-state index is 6.28. The van der Waals surface area contributed by atoms with Crippen LogP contribution < -0.4 is 10.2 Å². The van der Waals surface area contributed by atoms with E-state index in [1.807, 2.05) is 17.4 Å². The highest BCUT2D eigenvalue weighted by Crippen LogP contribution is 2.26. The molecular weight excluding hydrogens is 246 g/mol. The molecule has 0 heterocycles. The van der Waals surface area contributed by atoms with Crippen molar-refractivity contribution >= 4 is 23.0 Å². The van der Waals surface area contributed by atoms with E-state index in [0.29, 0.717) is 0 Å². The van der Waals surface area contributed by atoms with E-state index < -0.39 is 0 Å². The minimum absolute atomic E-state index is 0.787. The van der Waals surface area contributed by atoms with Gasteiger partial charge in [0, 0.05) is 26.2 Å². The summed E-state index contributed by atoms with van der Waals surface area (Å²) in [6, 6.07) is 6.06. The third kappa shape index (κ3) is 4.16. The second-order valence-corrected chi connectivity index (χ2v) is 4.77. The highest BCUT2D eigenvalue weighted by Gasteiger charge is 2.08. The number of quaternary nitrogens is 1. The second kappa shape index (κ2) is 7.62. The molecule has 0 radical (unpaired) electrons. The maximum atomic E-state index is 6.28. The van der Waals surface area contributed by atoms with Gasteiger partial charge in [0.2, 0.25) is 0 Å². The van der Waals surface area contributed by atoms with Crippen molar-refractivity contribution in [1.82, 2.24) is 4.90 Å². The summed E-state index contributed by atoms with van der Waals surface area (Å²) in [6.07, 6.45) is 0. The number of rotatable bonds is 7. The number of halogens is 1. The third-order valence-electron chi connectivity index (χ3n) is 3.26. The Hall–Kier alpha value is -0.770. The lowest BCUT2D eigenvalue weighted by atomic mass is 10.2. The van der Waals surface area contributed by atoms with Crippen LogP contribution in [0.2, 0.25) is 5.02 Å². The first kappa shape index (κ1) is 15.3. The van der Waals surface area contributed by atoms with Crippen molar-refractivity contribution in [2.75, 3.05) is 38.1 Å². The molecule has 0 bridgehead atoms. The van der Waals surface area contributed by atoms with E-state index in [-0.39, 0.29) is 0 Å². The van der Waals surface area contributed by atoms with Crippen LogP contribution in [0, 0.1) is 7.05 Å². The van der Waals surface area contributed by atoms with Crippen molar-refractivity contribution in [2.45, 2.75) is 13.8 Å². The van der Waals surface area contributed by atoms with Crippen molar-refractivity contribution < 1.29 is 5.32 Å². The zero-order chi connectivity index (χ0) is 13.5. The van der Waals surface area contributed by atoms with Crippen molar-refractivity contribution in [3.63, 3.8) is 0 Å². The van der Waals surface area contributed by atoms with Gasteiger partial charge in [0.05, 0.1) is 10.7 Å². The van der Waals surface area contributed by atoms with Gasteiger partial charge in [-0.2, -0.15) is 0 Å². The Morgan fingerprint density at radius 1 is 1.22 bits per heavy atom. The predicted molar refractivity (Wildman–Crippen MR) is 79.5 cm³/mol. The third-order valence-corrected chi connectivity index (χ3v) is 3.57.